The van der Waals surface area contributed by atoms with Gasteiger partial charge in [-0.3, -0.25) is 0 Å². The van der Waals surface area contributed by atoms with E-state index in [2.05, 4.69) is 27.6 Å². The number of benzene rings is 1. The van der Waals surface area contributed by atoms with Crippen LogP contribution < -0.4 is 5.32 Å². The lowest BCUT2D eigenvalue weighted by Crippen LogP contribution is -2.18. The van der Waals surface area contributed by atoms with Gasteiger partial charge in [-0.2, -0.15) is 5.10 Å². The minimum Gasteiger partial charge on any atom is -0.381 e. The van der Waals surface area contributed by atoms with Crippen molar-refractivity contribution in [2.45, 2.75) is 31.4 Å². The Balaban J connectivity index is 1.83. The van der Waals surface area contributed by atoms with Crippen LogP contribution in [-0.4, -0.2) is 29.5 Å². The van der Waals surface area contributed by atoms with Crippen molar-refractivity contribution in [2.75, 3.05) is 12.4 Å². The van der Waals surface area contributed by atoms with Gasteiger partial charge in [0.1, 0.15) is 0 Å². The zero-order chi connectivity index (χ0) is 12.4. The fourth-order valence-electron chi connectivity index (χ4n) is 2.61. The second kappa shape index (κ2) is 4.90. The number of anilines is 1. The SMILES string of the molecule is COC1CCC(Nc2nncc3ccccc23)C1. The van der Waals surface area contributed by atoms with Crippen LogP contribution in [0, 0.1) is 0 Å². The number of nitrogens with one attached hydrogen (secondary N) is 1. The summed E-state index contributed by atoms with van der Waals surface area (Å²) in [5.41, 5.74) is 0. The molecule has 1 aliphatic carbocycles. The van der Waals surface area contributed by atoms with Crippen molar-refractivity contribution in [3.8, 4) is 0 Å². The molecule has 0 saturated heterocycles. The summed E-state index contributed by atoms with van der Waals surface area (Å²) in [4.78, 5) is 0. The monoisotopic (exact) mass is 243 g/mol. The highest BCUT2D eigenvalue weighted by molar-refractivity contribution is 5.90. The van der Waals surface area contributed by atoms with Gasteiger partial charge in [-0.15, -0.1) is 5.10 Å². The molecule has 1 saturated carbocycles. The predicted molar refractivity (Wildman–Crippen MR) is 71.6 cm³/mol. The molecular formula is C14H17N3O. The topological polar surface area (TPSA) is 47.0 Å². The quantitative estimate of drug-likeness (QED) is 0.900. The van der Waals surface area contributed by atoms with Gasteiger partial charge in [0.2, 0.25) is 0 Å². The highest BCUT2D eigenvalue weighted by atomic mass is 16.5. The zero-order valence-electron chi connectivity index (χ0n) is 10.5. The molecule has 18 heavy (non-hydrogen) atoms. The van der Waals surface area contributed by atoms with E-state index < -0.39 is 0 Å². The Morgan fingerprint density at radius 3 is 3.00 bits per heavy atom. The predicted octanol–water partition coefficient (Wildman–Crippen LogP) is 2.61. The molecule has 1 fully saturated rings. The number of methoxy groups -OCH3 is 1. The average molecular weight is 243 g/mol. The molecule has 4 nitrogen and oxygen atoms in total. The highest BCUT2D eigenvalue weighted by Gasteiger charge is 2.24. The van der Waals surface area contributed by atoms with Crippen LogP contribution in [0.5, 0.6) is 0 Å². The summed E-state index contributed by atoms with van der Waals surface area (Å²) in [5, 5.41) is 14.0. The lowest BCUT2D eigenvalue weighted by molar-refractivity contribution is 0.108. The van der Waals surface area contributed by atoms with Crippen molar-refractivity contribution in [3.05, 3.63) is 30.5 Å². The Morgan fingerprint density at radius 1 is 1.28 bits per heavy atom. The molecule has 0 radical (unpaired) electrons. The lowest BCUT2D eigenvalue weighted by Gasteiger charge is -2.14. The molecular weight excluding hydrogens is 226 g/mol. The second-order valence-electron chi connectivity index (χ2n) is 4.79. The average Bonchev–Trinajstić information content (AvgIpc) is 2.87. The normalized spacial score (nSPS) is 23.4. The van der Waals surface area contributed by atoms with E-state index in [9.17, 15) is 0 Å². The maximum Gasteiger partial charge on any atom is 0.156 e. The number of hydrogen-bond donors (Lipinski definition) is 1. The molecule has 3 rings (SSSR count). The maximum atomic E-state index is 5.39. The van der Waals surface area contributed by atoms with E-state index in [1.807, 2.05) is 12.1 Å². The molecule has 94 valence electrons. The summed E-state index contributed by atoms with van der Waals surface area (Å²) >= 11 is 0. The first-order chi connectivity index (χ1) is 8.86. The fourth-order valence-corrected chi connectivity index (χ4v) is 2.61. The van der Waals surface area contributed by atoms with E-state index in [0.717, 1.165) is 35.9 Å². The number of hydrogen-bond acceptors (Lipinski definition) is 4. The molecule has 1 aromatic heterocycles. The molecule has 4 heteroatoms. The Labute approximate surface area is 106 Å². The zero-order valence-corrected chi connectivity index (χ0v) is 10.5. The number of rotatable bonds is 3. The second-order valence-corrected chi connectivity index (χ2v) is 4.79. The van der Waals surface area contributed by atoms with E-state index in [4.69, 9.17) is 4.74 Å². The summed E-state index contributed by atoms with van der Waals surface area (Å²) in [7, 11) is 1.78. The van der Waals surface area contributed by atoms with Crippen molar-refractivity contribution in [2.24, 2.45) is 0 Å². The standard InChI is InChI=1S/C14H17N3O/c1-18-12-7-6-11(8-12)16-14-13-5-3-2-4-10(13)9-15-17-14/h2-5,9,11-12H,6-8H2,1H3,(H,16,17). The van der Waals surface area contributed by atoms with Crippen LogP contribution in [0.1, 0.15) is 19.3 Å². The molecule has 2 aromatic rings. The number of ether oxygens (including phenoxy) is 1. The number of aromatic nitrogens is 2. The van der Waals surface area contributed by atoms with Crippen LogP contribution in [-0.2, 0) is 4.74 Å². The summed E-state index contributed by atoms with van der Waals surface area (Å²) < 4.78 is 5.39. The first kappa shape index (κ1) is 11.4. The first-order valence-electron chi connectivity index (χ1n) is 6.36. The van der Waals surface area contributed by atoms with Crippen LogP contribution in [0.3, 0.4) is 0 Å². The summed E-state index contributed by atoms with van der Waals surface area (Å²) in [6.07, 6.45) is 5.47. The van der Waals surface area contributed by atoms with Gasteiger partial charge in [0.15, 0.2) is 5.82 Å². The molecule has 0 aliphatic heterocycles. The van der Waals surface area contributed by atoms with Gasteiger partial charge >= 0.3 is 0 Å². The number of fused-ring (bicyclic) bond motifs is 1. The van der Waals surface area contributed by atoms with Crippen molar-refractivity contribution >= 4 is 16.6 Å². The third-order valence-electron chi connectivity index (χ3n) is 3.63. The van der Waals surface area contributed by atoms with Crippen molar-refractivity contribution < 1.29 is 4.74 Å². The van der Waals surface area contributed by atoms with Crippen LogP contribution in [0.2, 0.25) is 0 Å². The van der Waals surface area contributed by atoms with Gasteiger partial charge in [0, 0.05) is 23.9 Å². The van der Waals surface area contributed by atoms with E-state index in [0.29, 0.717) is 12.1 Å². The molecule has 1 N–H and O–H groups in total. The maximum absolute atomic E-state index is 5.39. The van der Waals surface area contributed by atoms with Crippen LogP contribution >= 0.6 is 0 Å². The number of nitrogens with zero attached hydrogens (tertiary/aromatic N) is 2. The highest BCUT2D eigenvalue weighted by Crippen LogP contribution is 2.26. The van der Waals surface area contributed by atoms with Crippen molar-refractivity contribution in [1.82, 2.24) is 10.2 Å². The van der Waals surface area contributed by atoms with E-state index >= 15 is 0 Å². The third-order valence-corrected chi connectivity index (χ3v) is 3.63. The van der Waals surface area contributed by atoms with Crippen LogP contribution in [0.4, 0.5) is 5.82 Å². The van der Waals surface area contributed by atoms with E-state index in [1.54, 1.807) is 13.3 Å². The Kier molecular flexibility index (Phi) is 3.11. The van der Waals surface area contributed by atoms with Gasteiger partial charge in [-0.1, -0.05) is 24.3 Å². The smallest absolute Gasteiger partial charge is 0.156 e. The Hall–Kier alpha value is -1.68. The van der Waals surface area contributed by atoms with Gasteiger partial charge < -0.3 is 10.1 Å². The van der Waals surface area contributed by atoms with Crippen LogP contribution in [0.25, 0.3) is 10.8 Å². The molecule has 2 unspecified atom stereocenters. The minimum atomic E-state index is 0.380. The summed E-state index contributed by atoms with van der Waals surface area (Å²) in [6, 6.07) is 8.62. The summed E-state index contributed by atoms with van der Waals surface area (Å²) in [5.74, 6) is 0.884. The van der Waals surface area contributed by atoms with Crippen LogP contribution in [0.15, 0.2) is 30.5 Å². The first-order valence-corrected chi connectivity index (χ1v) is 6.36. The minimum absolute atomic E-state index is 0.380. The van der Waals surface area contributed by atoms with E-state index in [1.165, 1.54) is 0 Å². The third kappa shape index (κ3) is 2.16. The van der Waals surface area contributed by atoms with Crippen molar-refractivity contribution in [1.29, 1.82) is 0 Å². The van der Waals surface area contributed by atoms with Gasteiger partial charge in [0.05, 0.1) is 12.3 Å². The molecule has 0 bridgehead atoms. The van der Waals surface area contributed by atoms with E-state index in [-0.39, 0.29) is 0 Å². The van der Waals surface area contributed by atoms with Crippen molar-refractivity contribution in [3.63, 3.8) is 0 Å². The van der Waals surface area contributed by atoms with Gasteiger partial charge in [0.25, 0.3) is 0 Å². The largest absolute Gasteiger partial charge is 0.381 e. The summed E-state index contributed by atoms with van der Waals surface area (Å²) in [6.45, 7) is 0. The Bertz CT molecular complexity index is 538. The fraction of sp³-hybridized carbons (Fsp3) is 0.429. The molecule has 1 heterocycles. The van der Waals surface area contributed by atoms with Gasteiger partial charge in [-0.05, 0) is 19.3 Å². The Morgan fingerprint density at radius 2 is 2.17 bits per heavy atom. The molecule has 0 spiro atoms. The molecule has 0 amide bonds. The molecule has 2 atom stereocenters. The van der Waals surface area contributed by atoms with Gasteiger partial charge in [-0.25, -0.2) is 0 Å². The molecule has 1 aliphatic rings. The molecule has 1 aromatic carbocycles. The lowest BCUT2D eigenvalue weighted by atomic mass is 10.2.